The van der Waals surface area contributed by atoms with E-state index in [-0.39, 0.29) is 24.3 Å². The van der Waals surface area contributed by atoms with Crippen molar-refractivity contribution < 1.29 is 69.3 Å². The van der Waals surface area contributed by atoms with Crippen molar-refractivity contribution >= 4 is 41.8 Å². The van der Waals surface area contributed by atoms with E-state index in [1.54, 1.807) is 41.5 Å². The van der Waals surface area contributed by atoms with Crippen molar-refractivity contribution in [3.63, 3.8) is 0 Å². The number of unbranched alkanes of at least 4 members (excludes halogenated alkanes) is 1. The lowest BCUT2D eigenvalue weighted by Gasteiger charge is -2.07. The van der Waals surface area contributed by atoms with Crippen molar-refractivity contribution in [2.75, 3.05) is 13.1 Å². The van der Waals surface area contributed by atoms with Crippen LogP contribution < -0.4 is 45.9 Å². The Morgan fingerprint density at radius 1 is 0.444 bits per heavy atom. The molecule has 54 heavy (non-hydrogen) atoms. The topological polar surface area (TPSA) is 469 Å². The predicted molar refractivity (Wildman–Crippen MR) is 203 cm³/mol. The Labute approximate surface area is 317 Å². The third-order valence-electron chi connectivity index (χ3n) is 5.90. The van der Waals surface area contributed by atoms with Gasteiger partial charge in [0.05, 0.1) is 6.54 Å². The molecule has 0 heterocycles. The first kappa shape index (κ1) is 64.9. The van der Waals surface area contributed by atoms with Crippen LogP contribution in [0.25, 0.3) is 0 Å². The quantitative estimate of drug-likeness (QED) is 0.0797. The molecule has 0 spiro atoms. The summed E-state index contributed by atoms with van der Waals surface area (Å²) in [5.74, 6) is -6.15. The fraction of sp³-hybridized carbons (Fsp3) is 0.781. The molecule has 0 saturated heterocycles. The third kappa shape index (κ3) is 57.3. The molecule has 0 saturated carbocycles. The summed E-state index contributed by atoms with van der Waals surface area (Å²) in [5.41, 5.74) is 40.5. The molecule has 0 fully saturated rings. The average molecular weight is 793 g/mol. The van der Waals surface area contributed by atoms with Crippen LogP contribution in [0.1, 0.15) is 88.0 Å². The van der Waals surface area contributed by atoms with E-state index in [0.717, 1.165) is 12.8 Å². The number of hydrogen-bond donors (Lipinski definition) is 15. The van der Waals surface area contributed by atoms with E-state index in [9.17, 15) is 33.6 Å². The van der Waals surface area contributed by atoms with E-state index in [4.69, 9.17) is 75.9 Å². The zero-order chi connectivity index (χ0) is 45.1. The van der Waals surface area contributed by atoms with Crippen LogP contribution in [0.3, 0.4) is 0 Å². The van der Waals surface area contributed by atoms with Crippen LogP contribution >= 0.6 is 0 Å². The van der Waals surface area contributed by atoms with Gasteiger partial charge in [0.25, 0.3) is 0 Å². The first-order valence-electron chi connectivity index (χ1n) is 16.8. The molecule has 0 aromatic heterocycles. The lowest BCUT2D eigenvalue weighted by atomic mass is 10.1. The first-order chi connectivity index (χ1) is 24.3. The van der Waals surface area contributed by atoms with Crippen molar-refractivity contribution in [2.24, 2.45) is 69.5 Å². The second-order valence-corrected chi connectivity index (χ2v) is 12.9. The van der Waals surface area contributed by atoms with Crippen molar-refractivity contribution in [1.29, 1.82) is 0 Å². The van der Waals surface area contributed by atoms with Crippen molar-refractivity contribution in [2.45, 2.75) is 124 Å². The Bertz CT molecular complexity index is 959. The molecule has 22 heteroatoms. The van der Waals surface area contributed by atoms with Crippen LogP contribution in [-0.4, -0.2) is 127 Å². The number of carboxylic acids is 7. The molecule has 0 unspecified atom stereocenters. The minimum absolute atomic E-state index is 0.0208. The van der Waals surface area contributed by atoms with Crippen LogP contribution in [0.2, 0.25) is 0 Å². The summed E-state index contributed by atoms with van der Waals surface area (Å²) in [6, 6.07) is -4.28. The van der Waals surface area contributed by atoms with Gasteiger partial charge in [0, 0.05) is 0 Å². The molecule has 6 atom stereocenters. The minimum Gasteiger partial charge on any atom is -0.480 e. The second-order valence-electron chi connectivity index (χ2n) is 12.9. The maximum absolute atomic E-state index is 10.1. The maximum Gasteiger partial charge on any atom is 0.320 e. The first-order valence-corrected chi connectivity index (χ1v) is 16.8. The lowest BCUT2D eigenvalue weighted by Crippen LogP contribution is -2.34. The maximum atomic E-state index is 10.1. The molecule has 0 bridgehead atoms. The van der Waals surface area contributed by atoms with Crippen LogP contribution in [0, 0.1) is 23.7 Å². The van der Waals surface area contributed by atoms with E-state index < -0.39 is 78.0 Å². The summed E-state index contributed by atoms with van der Waals surface area (Å²) in [4.78, 5) is 69.1. The van der Waals surface area contributed by atoms with E-state index in [2.05, 4.69) is 5.73 Å². The van der Waals surface area contributed by atoms with Gasteiger partial charge in [-0.2, -0.15) is 0 Å². The fourth-order valence-corrected chi connectivity index (χ4v) is 2.10. The van der Waals surface area contributed by atoms with E-state index in [0.29, 0.717) is 25.3 Å². The number of carbonyl (C=O) groups is 7. The van der Waals surface area contributed by atoms with Gasteiger partial charge in [-0.05, 0) is 56.4 Å². The third-order valence-corrected chi connectivity index (χ3v) is 5.90. The smallest absolute Gasteiger partial charge is 0.320 e. The van der Waals surface area contributed by atoms with Gasteiger partial charge in [-0.25, -0.2) is 0 Å². The standard InChI is InChI=1S/C6H14N2O2.C6H13NO2.3C5H11NO2.C3H7NO2.C2H5NO2/c7-4-2-1-3-5(8)6(9)10;1-4(2)3-5(7)6(8)9;3*1-3(2)4(6)5(7)8;1-2(4)3(5)6;3-1-2(4)5/h5H,1-4,7-8H2,(H,9,10);4-5H,3,7H2,1-2H3,(H,8,9);3*3-4H,6H2,1-2H3,(H,7,8);2H,4H2,1H3,(H,5,6);1,3H2,(H,4,5)/t2*5-;3*4-;2-;/m000000./s1. The molecule has 22 nitrogen and oxygen atoms in total. The highest BCUT2D eigenvalue weighted by molar-refractivity contribution is 5.74. The van der Waals surface area contributed by atoms with Gasteiger partial charge < -0.3 is 81.6 Å². The van der Waals surface area contributed by atoms with Gasteiger partial charge in [-0.15, -0.1) is 0 Å². The number of nitrogens with two attached hydrogens (primary N) is 8. The second kappa shape index (κ2) is 40.2. The highest BCUT2D eigenvalue weighted by Crippen LogP contribution is 2.02. The highest BCUT2D eigenvalue weighted by Gasteiger charge is 2.16. The zero-order valence-electron chi connectivity index (χ0n) is 33.1. The number of hydrogen-bond acceptors (Lipinski definition) is 15. The summed E-state index contributed by atoms with van der Waals surface area (Å²) in [7, 11) is 0. The monoisotopic (exact) mass is 793 g/mol. The Morgan fingerprint density at radius 3 is 0.796 bits per heavy atom. The number of aliphatic carboxylic acids is 7. The van der Waals surface area contributed by atoms with Gasteiger partial charge in [-0.1, -0.05) is 61.8 Å². The van der Waals surface area contributed by atoms with Crippen LogP contribution in [0.15, 0.2) is 0 Å². The van der Waals surface area contributed by atoms with Gasteiger partial charge in [-0.3, -0.25) is 33.6 Å². The summed E-state index contributed by atoms with van der Waals surface area (Å²) in [6.07, 6.45) is 2.72. The molecule has 23 N–H and O–H groups in total. The fourth-order valence-electron chi connectivity index (χ4n) is 2.10. The molecule has 0 amide bonds. The lowest BCUT2D eigenvalue weighted by molar-refractivity contribution is -0.140. The predicted octanol–water partition coefficient (Wildman–Crippen LogP) is -1.42. The van der Waals surface area contributed by atoms with Crippen LogP contribution in [-0.2, 0) is 33.6 Å². The summed E-state index contributed by atoms with van der Waals surface area (Å²) in [6.45, 7) is 16.3. The van der Waals surface area contributed by atoms with Crippen LogP contribution in [0.5, 0.6) is 0 Å². The van der Waals surface area contributed by atoms with Gasteiger partial charge in [0.15, 0.2) is 0 Å². The molecule has 0 rings (SSSR count). The SMILES string of the molecule is CC(C)C[C@H](N)C(=O)O.CC(C)[C@H](N)C(=O)O.CC(C)[C@H](N)C(=O)O.CC(C)[C@H](N)C(=O)O.C[C@H](N)C(=O)O.NCC(=O)O.NCCCC[C@H](N)C(=O)O. The average Bonchev–Trinajstić information content (AvgIpc) is 3.04. The molecule has 324 valence electrons. The van der Waals surface area contributed by atoms with Crippen LogP contribution in [0.4, 0.5) is 0 Å². The van der Waals surface area contributed by atoms with E-state index in [1.165, 1.54) is 6.92 Å². The largest absolute Gasteiger partial charge is 0.480 e. The normalized spacial score (nSPS) is 13.1. The number of carboxylic acid groups (broad SMARTS) is 7. The molecule has 0 aromatic rings. The molecule has 0 radical (unpaired) electrons. The Morgan fingerprint density at radius 2 is 0.704 bits per heavy atom. The van der Waals surface area contributed by atoms with Gasteiger partial charge in [0.2, 0.25) is 0 Å². The minimum atomic E-state index is -0.968. The Kier molecular flexibility index (Phi) is 48.3. The molecule has 0 aliphatic heterocycles. The Balaban J connectivity index is -0.0000000963. The van der Waals surface area contributed by atoms with Crippen molar-refractivity contribution in [1.82, 2.24) is 0 Å². The molecular formula is C32H72N8O14. The van der Waals surface area contributed by atoms with E-state index in [1.807, 2.05) is 13.8 Å². The summed E-state index contributed by atoms with van der Waals surface area (Å²) < 4.78 is 0. The molecular weight excluding hydrogens is 720 g/mol. The number of rotatable bonds is 16. The molecule has 0 aliphatic carbocycles. The van der Waals surface area contributed by atoms with Crippen molar-refractivity contribution in [3.05, 3.63) is 0 Å². The molecule has 0 aromatic carbocycles. The highest BCUT2D eigenvalue weighted by atomic mass is 16.4. The van der Waals surface area contributed by atoms with E-state index >= 15 is 0 Å². The zero-order valence-corrected chi connectivity index (χ0v) is 33.1. The van der Waals surface area contributed by atoms with Gasteiger partial charge in [0.1, 0.15) is 36.3 Å². The molecule has 0 aliphatic rings. The Hall–Kier alpha value is -4.03. The van der Waals surface area contributed by atoms with Gasteiger partial charge >= 0.3 is 41.8 Å². The summed E-state index contributed by atoms with van der Waals surface area (Å²) >= 11 is 0. The summed E-state index contributed by atoms with van der Waals surface area (Å²) in [5, 5.41) is 56.8. The van der Waals surface area contributed by atoms with Crippen molar-refractivity contribution in [3.8, 4) is 0 Å².